The molecule has 2 aromatic rings. The van der Waals surface area contributed by atoms with Crippen LogP contribution in [0.15, 0.2) is 41.8 Å². The van der Waals surface area contributed by atoms with Crippen LogP contribution < -0.4 is 10.1 Å². The normalized spacial score (nSPS) is 13.9. The highest BCUT2D eigenvalue weighted by atomic mass is 32.1. The van der Waals surface area contributed by atoms with E-state index in [0.717, 1.165) is 17.7 Å². The zero-order valence-electron chi connectivity index (χ0n) is 12.6. The first-order valence-corrected chi connectivity index (χ1v) is 8.22. The van der Waals surface area contributed by atoms with Gasteiger partial charge >= 0.3 is 0 Å². The highest BCUT2D eigenvalue weighted by Gasteiger charge is 2.13. The van der Waals surface area contributed by atoms with Gasteiger partial charge in [-0.3, -0.25) is 0 Å². The van der Waals surface area contributed by atoms with Gasteiger partial charge in [-0.15, -0.1) is 11.3 Å². The smallest absolute Gasteiger partial charge is 0.122 e. The van der Waals surface area contributed by atoms with E-state index in [1.807, 2.05) is 31.2 Å². The number of rotatable bonds is 8. The van der Waals surface area contributed by atoms with Crippen LogP contribution in [-0.4, -0.2) is 24.4 Å². The third kappa shape index (κ3) is 4.84. The summed E-state index contributed by atoms with van der Waals surface area (Å²) >= 11 is 1.74. The fourth-order valence-corrected chi connectivity index (χ4v) is 3.06. The first kappa shape index (κ1) is 16.0. The molecule has 0 aliphatic carbocycles. The largest absolute Gasteiger partial charge is 0.491 e. The van der Waals surface area contributed by atoms with Crippen molar-refractivity contribution in [2.45, 2.75) is 32.4 Å². The van der Waals surface area contributed by atoms with E-state index in [9.17, 15) is 5.11 Å². The maximum absolute atomic E-state index is 10.1. The number of aliphatic hydroxyl groups is 1. The van der Waals surface area contributed by atoms with Gasteiger partial charge in [-0.25, -0.2) is 0 Å². The molecule has 0 aliphatic heterocycles. The van der Waals surface area contributed by atoms with E-state index in [1.165, 1.54) is 4.88 Å². The van der Waals surface area contributed by atoms with E-state index in [0.29, 0.717) is 19.2 Å². The minimum absolute atomic E-state index is 0.304. The molecule has 0 bridgehead atoms. The van der Waals surface area contributed by atoms with E-state index >= 15 is 0 Å². The van der Waals surface area contributed by atoms with E-state index in [1.54, 1.807) is 11.3 Å². The molecule has 2 rings (SSSR count). The molecule has 0 fully saturated rings. The number of thiophene rings is 1. The Hall–Kier alpha value is -1.36. The predicted molar refractivity (Wildman–Crippen MR) is 88.0 cm³/mol. The molecule has 2 atom stereocenters. The van der Waals surface area contributed by atoms with E-state index in [2.05, 4.69) is 29.8 Å². The van der Waals surface area contributed by atoms with Crippen molar-refractivity contribution >= 4 is 11.3 Å². The molecule has 2 unspecified atom stereocenters. The van der Waals surface area contributed by atoms with Gasteiger partial charge in [0.1, 0.15) is 18.5 Å². The molecular formula is C17H23NO2S. The number of para-hydroxylation sites is 1. The maximum atomic E-state index is 10.1. The van der Waals surface area contributed by atoms with Gasteiger partial charge in [0.15, 0.2) is 0 Å². The quantitative estimate of drug-likeness (QED) is 0.784. The van der Waals surface area contributed by atoms with Crippen molar-refractivity contribution in [2.75, 3.05) is 13.2 Å². The number of ether oxygens (including phenoxy) is 1. The van der Waals surface area contributed by atoms with Gasteiger partial charge in [-0.1, -0.05) is 31.2 Å². The van der Waals surface area contributed by atoms with Gasteiger partial charge < -0.3 is 15.2 Å². The van der Waals surface area contributed by atoms with Crippen molar-refractivity contribution in [1.29, 1.82) is 0 Å². The second kappa shape index (κ2) is 8.17. The van der Waals surface area contributed by atoms with Crippen molar-refractivity contribution in [3.63, 3.8) is 0 Å². The van der Waals surface area contributed by atoms with Crippen molar-refractivity contribution < 1.29 is 9.84 Å². The summed E-state index contributed by atoms with van der Waals surface area (Å²) < 4.78 is 5.67. The molecule has 0 saturated heterocycles. The molecule has 1 heterocycles. The lowest BCUT2D eigenvalue weighted by Gasteiger charge is -2.19. The topological polar surface area (TPSA) is 41.5 Å². The summed E-state index contributed by atoms with van der Waals surface area (Å²) in [4.78, 5) is 1.31. The SMILES string of the molecule is CCC(NCC(O)COc1ccccc1C)c1cccs1. The van der Waals surface area contributed by atoms with Gasteiger partial charge in [0.25, 0.3) is 0 Å². The van der Waals surface area contributed by atoms with E-state index < -0.39 is 6.10 Å². The molecule has 114 valence electrons. The average molecular weight is 305 g/mol. The molecule has 21 heavy (non-hydrogen) atoms. The Balaban J connectivity index is 1.77. The lowest BCUT2D eigenvalue weighted by atomic mass is 10.2. The summed E-state index contributed by atoms with van der Waals surface area (Å²) in [6.07, 6.45) is 0.491. The Labute approximate surface area is 130 Å². The summed E-state index contributed by atoms with van der Waals surface area (Å²) in [7, 11) is 0. The highest BCUT2D eigenvalue weighted by molar-refractivity contribution is 7.10. The first-order valence-electron chi connectivity index (χ1n) is 7.34. The van der Waals surface area contributed by atoms with Crippen LogP contribution in [0.5, 0.6) is 5.75 Å². The summed E-state index contributed by atoms with van der Waals surface area (Å²) in [5, 5.41) is 15.5. The molecule has 4 heteroatoms. The maximum Gasteiger partial charge on any atom is 0.122 e. The predicted octanol–water partition coefficient (Wildman–Crippen LogP) is 3.54. The van der Waals surface area contributed by atoms with Crippen molar-refractivity contribution in [3.05, 3.63) is 52.2 Å². The zero-order valence-corrected chi connectivity index (χ0v) is 13.4. The Morgan fingerprint density at radius 1 is 1.24 bits per heavy atom. The fourth-order valence-electron chi connectivity index (χ4n) is 2.18. The van der Waals surface area contributed by atoms with E-state index in [4.69, 9.17) is 4.74 Å². The number of benzene rings is 1. The van der Waals surface area contributed by atoms with Crippen LogP contribution >= 0.6 is 11.3 Å². The number of hydrogen-bond acceptors (Lipinski definition) is 4. The molecule has 1 aromatic carbocycles. The van der Waals surface area contributed by atoms with Gasteiger partial charge in [0, 0.05) is 17.5 Å². The van der Waals surface area contributed by atoms with Crippen LogP contribution in [-0.2, 0) is 0 Å². The molecule has 0 radical (unpaired) electrons. The number of nitrogens with one attached hydrogen (secondary N) is 1. The second-order valence-electron chi connectivity index (χ2n) is 5.11. The number of aliphatic hydroxyl groups excluding tert-OH is 1. The van der Waals surface area contributed by atoms with Crippen LogP contribution in [0.1, 0.15) is 29.8 Å². The van der Waals surface area contributed by atoms with Gasteiger partial charge in [-0.05, 0) is 36.4 Å². The lowest BCUT2D eigenvalue weighted by molar-refractivity contribution is 0.103. The van der Waals surface area contributed by atoms with Gasteiger partial charge in [0.05, 0.1) is 0 Å². The Bertz CT molecular complexity index is 527. The van der Waals surface area contributed by atoms with Crippen molar-refractivity contribution in [2.24, 2.45) is 0 Å². The summed E-state index contributed by atoms with van der Waals surface area (Å²) in [5.41, 5.74) is 1.09. The van der Waals surface area contributed by atoms with Crippen LogP contribution in [0.2, 0.25) is 0 Å². The van der Waals surface area contributed by atoms with Crippen LogP contribution in [0, 0.1) is 6.92 Å². The molecular weight excluding hydrogens is 282 g/mol. The van der Waals surface area contributed by atoms with Crippen molar-refractivity contribution in [3.8, 4) is 5.75 Å². The average Bonchev–Trinajstić information content (AvgIpc) is 3.01. The van der Waals surface area contributed by atoms with Crippen LogP contribution in [0.3, 0.4) is 0 Å². The van der Waals surface area contributed by atoms with Crippen molar-refractivity contribution in [1.82, 2.24) is 5.32 Å². The number of hydrogen-bond donors (Lipinski definition) is 2. The second-order valence-corrected chi connectivity index (χ2v) is 6.09. The Morgan fingerprint density at radius 3 is 2.71 bits per heavy atom. The monoisotopic (exact) mass is 305 g/mol. The Morgan fingerprint density at radius 2 is 2.05 bits per heavy atom. The molecule has 0 amide bonds. The van der Waals surface area contributed by atoms with Gasteiger partial charge in [0.2, 0.25) is 0 Å². The third-order valence-corrected chi connectivity index (χ3v) is 4.41. The zero-order chi connectivity index (χ0) is 15.1. The minimum Gasteiger partial charge on any atom is -0.491 e. The van der Waals surface area contributed by atoms with E-state index in [-0.39, 0.29) is 0 Å². The van der Waals surface area contributed by atoms with Crippen LogP contribution in [0.4, 0.5) is 0 Å². The minimum atomic E-state index is -0.515. The standard InChI is InChI=1S/C17H23NO2S/c1-3-15(17-9-6-10-21-17)18-11-14(19)12-20-16-8-5-4-7-13(16)2/h4-10,14-15,18-19H,3,11-12H2,1-2H3. The third-order valence-electron chi connectivity index (χ3n) is 3.42. The summed E-state index contributed by atoms with van der Waals surface area (Å²) in [6.45, 7) is 4.98. The lowest BCUT2D eigenvalue weighted by Crippen LogP contribution is -2.33. The fraction of sp³-hybridized carbons (Fsp3) is 0.412. The first-order chi connectivity index (χ1) is 10.2. The van der Waals surface area contributed by atoms with Crippen LogP contribution in [0.25, 0.3) is 0 Å². The molecule has 0 aliphatic rings. The Kier molecular flexibility index (Phi) is 6.23. The molecule has 1 aromatic heterocycles. The highest BCUT2D eigenvalue weighted by Crippen LogP contribution is 2.21. The molecule has 0 saturated carbocycles. The summed E-state index contributed by atoms with van der Waals surface area (Å²) in [6, 6.07) is 12.3. The molecule has 3 nitrogen and oxygen atoms in total. The molecule has 2 N–H and O–H groups in total. The summed E-state index contributed by atoms with van der Waals surface area (Å²) in [5.74, 6) is 0.835. The molecule has 0 spiro atoms. The number of aryl methyl sites for hydroxylation is 1. The van der Waals surface area contributed by atoms with Gasteiger partial charge in [-0.2, -0.15) is 0 Å².